The molecule has 1 aliphatic rings. The molecule has 0 atom stereocenters. The van der Waals surface area contributed by atoms with Crippen LogP contribution < -0.4 is 5.32 Å². The van der Waals surface area contributed by atoms with Crippen LogP contribution in [0.1, 0.15) is 17.3 Å². The Morgan fingerprint density at radius 3 is 2.95 bits per heavy atom. The zero-order valence-electron chi connectivity index (χ0n) is 11.5. The second kappa shape index (κ2) is 5.87. The number of hydrogen-bond donors (Lipinski definition) is 1. The summed E-state index contributed by atoms with van der Waals surface area (Å²) in [6.45, 7) is 1.94. The first-order valence-electron chi connectivity index (χ1n) is 6.67. The molecule has 22 heavy (non-hydrogen) atoms. The van der Waals surface area contributed by atoms with Gasteiger partial charge in [0.2, 0.25) is 5.95 Å². The molecule has 0 bridgehead atoms. The Hall–Kier alpha value is -2.23. The zero-order chi connectivity index (χ0) is 15.6. The Morgan fingerprint density at radius 2 is 2.14 bits per heavy atom. The number of rotatable bonds is 3. The van der Waals surface area contributed by atoms with E-state index < -0.39 is 11.9 Å². The van der Waals surface area contributed by atoms with Gasteiger partial charge in [-0.25, -0.2) is 9.97 Å². The highest BCUT2D eigenvalue weighted by Crippen LogP contribution is 2.27. The topological polar surface area (TPSA) is 77.8 Å². The summed E-state index contributed by atoms with van der Waals surface area (Å²) < 4.78 is 45.0. The Balaban J connectivity index is 1.72. The third-order valence-corrected chi connectivity index (χ3v) is 3.18. The van der Waals surface area contributed by atoms with Gasteiger partial charge in [0.15, 0.2) is 5.82 Å². The summed E-state index contributed by atoms with van der Waals surface area (Å²) in [6, 6.07) is 0.825. The number of ether oxygens (including phenoxy) is 1. The van der Waals surface area contributed by atoms with Gasteiger partial charge in [-0.15, -0.1) is 10.2 Å². The fourth-order valence-electron chi connectivity index (χ4n) is 2.13. The molecule has 0 saturated heterocycles. The number of alkyl halides is 3. The minimum absolute atomic E-state index is 0.1000. The molecule has 3 rings (SSSR count). The predicted molar refractivity (Wildman–Crippen MR) is 68.9 cm³/mol. The van der Waals surface area contributed by atoms with Crippen LogP contribution in [0.5, 0.6) is 0 Å². The summed E-state index contributed by atoms with van der Waals surface area (Å²) in [7, 11) is 0. The summed E-state index contributed by atoms with van der Waals surface area (Å²) in [5, 5.41) is 10.8. The van der Waals surface area contributed by atoms with E-state index in [1.54, 1.807) is 0 Å². The van der Waals surface area contributed by atoms with E-state index in [0.29, 0.717) is 32.0 Å². The lowest BCUT2D eigenvalue weighted by molar-refractivity contribution is -0.141. The minimum Gasteiger partial charge on any atom is -0.379 e. The van der Waals surface area contributed by atoms with Crippen LogP contribution in [0.2, 0.25) is 0 Å². The molecular weight excluding hydrogens is 301 g/mol. The van der Waals surface area contributed by atoms with Crippen LogP contribution in [-0.4, -0.2) is 37.9 Å². The smallest absolute Gasteiger partial charge is 0.379 e. The van der Waals surface area contributed by atoms with Gasteiger partial charge in [0.25, 0.3) is 0 Å². The van der Waals surface area contributed by atoms with Crippen molar-refractivity contribution in [2.45, 2.75) is 25.7 Å². The van der Waals surface area contributed by atoms with Crippen molar-refractivity contribution in [3.63, 3.8) is 0 Å². The first-order chi connectivity index (χ1) is 10.5. The Labute approximate surface area is 123 Å². The zero-order valence-corrected chi connectivity index (χ0v) is 11.5. The lowest BCUT2D eigenvalue weighted by Crippen LogP contribution is -2.14. The maximum atomic E-state index is 12.6. The van der Waals surface area contributed by atoms with Gasteiger partial charge in [-0.2, -0.15) is 13.2 Å². The van der Waals surface area contributed by atoms with Gasteiger partial charge in [-0.1, -0.05) is 0 Å². The summed E-state index contributed by atoms with van der Waals surface area (Å²) in [6.07, 6.45) is -2.77. The van der Waals surface area contributed by atoms with Gasteiger partial charge < -0.3 is 14.6 Å². The van der Waals surface area contributed by atoms with Gasteiger partial charge in [-0.3, -0.25) is 0 Å². The predicted octanol–water partition coefficient (Wildman–Crippen LogP) is 1.27. The Bertz CT molecular complexity index is 657. The number of nitrogens with zero attached hydrogens (tertiary/aromatic N) is 5. The third kappa shape index (κ3) is 3.16. The third-order valence-electron chi connectivity index (χ3n) is 3.18. The average Bonchev–Trinajstić information content (AvgIpc) is 2.72. The molecule has 10 heteroatoms. The van der Waals surface area contributed by atoms with Crippen LogP contribution >= 0.6 is 0 Å². The SMILES string of the molecule is FC(F)(F)c1ccnc(NCc2nnc3n2CCOCC3)n1. The quantitative estimate of drug-likeness (QED) is 0.919. The number of aromatic nitrogens is 5. The first kappa shape index (κ1) is 14.7. The Morgan fingerprint density at radius 1 is 1.27 bits per heavy atom. The fourth-order valence-corrected chi connectivity index (χ4v) is 2.13. The summed E-state index contributed by atoms with van der Waals surface area (Å²) >= 11 is 0. The average molecular weight is 314 g/mol. The number of hydrogen-bond acceptors (Lipinski definition) is 6. The molecule has 0 amide bonds. The molecule has 0 unspecified atom stereocenters. The van der Waals surface area contributed by atoms with Crippen LogP contribution in [0.3, 0.4) is 0 Å². The van der Waals surface area contributed by atoms with Gasteiger partial charge in [0.1, 0.15) is 11.5 Å². The minimum atomic E-state index is -4.50. The van der Waals surface area contributed by atoms with Crippen LogP contribution in [0, 0.1) is 0 Å². The van der Waals surface area contributed by atoms with Gasteiger partial charge >= 0.3 is 6.18 Å². The molecule has 1 N–H and O–H groups in total. The summed E-state index contributed by atoms with van der Waals surface area (Å²) in [5.74, 6) is 1.32. The monoisotopic (exact) mass is 314 g/mol. The normalized spacial score (nSPS) is 15.2. The molecule has 2 aromatic heterocycles. The Kier molecular flexibility index (Phi) is 3.92. The number of halogens is 3. The highest BCUT2D eigenvalue weighted by atomic mass is 19.4. The van der Waals surface area contributed by atoms with E-state index in [0.717, 1.165) is 18.1 Å². The van der Waals surface area contributed by atoms with Gasteiger partial charge in [-0.05, 0) is 6.07 Å². The number of fused-ring (bicyclic) bond motifs is 1. The van der Waals surface area contributed by atoms with Crippen molar-refractivity contribution in [2.24, 2.45) is 0 Å². The van der Waals surface area contributed by atoms with E-state index >= 15 is 0 Å². The van der Waals surface area contributed by atoms with E-state index in [1.807, 2.05) is 4.57 Å². The lowest BCUT2D eigenvalue weighted by atomic mass is 10.4. The largest absolute Gasteiger partial charge is 0.433 e. The molecule has 0 saturated carbocycles. The molecule has 118 valence electrons. The van der Waals surface area contributed by atoms with Crippen molar-refractivity contribution in [1.29, 1.82) is 0 Å². The van der Waals surface area contributed by atoms with Gasteiger partial charge in [0, 0.05) is 19.2 Å². The fraction of sp³-hybridized carbons (Fsp3) is 0.500. The van der Waals surface area contributed by atoms with Crippen LogP contribution in [0.4, 0.5) is 19.1 Å². The van der Waals surface area contributed by atoms with Gasteiger partial charge in [0.05, 0.1) is 19.8 Å². The molecular formula is C12H13F3N6O. The van der Waals surface area contributed by atoms with Crippen LogP contribution in [0.25, 0.3) is 0 Å². The molecule has 0 radical (unpaired) electrons. The first-order valence-corrected chi connectivity index (χ1v) is 6.67. The molecule has 0 fully saturated rings. The van der Waals surface area contributed by atoms with Crippen molar-refractivity contribution in [3.05, 3.63) is 29.6 Å². The van der Waals surface area contributed by atoms with E-state index in [1.165, 1.54) is 0 Å². The van der Waals surface area contributed by atoms with Crippen LogP contribution in [-0.2, 0) is 30.4 Å². The van der Waals surface area contributed by atoms with Crippen molar-refractivity contribution >= 4 is 5.95 Å². The second-order valence-corrected chi connectivity index (χ2v) is 4.66. The molecule has 3 heterocycles. The van der Waals surface area contributed by atoms with Crippen molar-refractivity contribution in [1.82, 2.24) is 24.7 Å². The maximum Gasteiger partial charge on any atom is 0.433 e. The molecule has 7 nitrogen and oxygen atoms in total. The van der Waals surface area contributed by atoms with Crippen molar-refractivity contribution in [3.8, 4) is 0 Å². The molecule has 0 aromatic carbocycles. The molecule has 0 spiro atoms. The van der Waals surface area contributed by atoms with Crippen molar-refractivity contribution in [2.75, 3.05) is 18.5 Å². The van der Waals surface area contributed by atoms with E-state index in [9.17, 15) is 13.2 Å². The highest BCUT2D eigenvalue weighted by molar-refractivity contribution is 5.26. The number of anilines is 1. The lowest BCUT2D eigenvalue weighted by Gasteiger charge is -2.09. The van der Waals surface area contributed by atoms with Crippen molar-refractivity contribution < 1.29 is 17.9 Å². The van der Waals surface area contributed by atoms with E-state index in [-0.39, 0.29) is 12.5 Å². The summed E-state index contributed by atoms with van der Waals surface area (Å²) in [5.41, 5.74) is -0.988. The number of nitrogens with one attached hydrogen (secondary N) is 1. The van der Waals surface area contributed by atoms with Crippen LogP contribution in [0.15, 0.2) is 12.3 Å². The van der Waals surface area contributed by atoms with E-state index in [2.05, 4.69) is 25.5 Å². The summed E-state index contributed by atoms with van der Waals surface area (Å²) in [4.78, 5) is 7.22. The molecule has 1 aliphatic heterocycles. The second-order valence-electron chi connectivity index (χ2n) is 4.66. The standard InChI is InChI=1S/C12H13F3N6O/c13-12(14,15)8-1-3-16-11(18-8)17-7-10-20-19-9-2-5-22-6-4-21(9)10/h1,3H,2,4-7H2,(H,16,17,18). The molecule has 2 aromatic rings. The highest BCUT2D eigenvalue weighted by Gasteiger charge is 2.32. The van der Waals surface area contributed by atoms with E-state index in [4.69, 9.17) is 4.74 Å². The molecule has 0 aliphatic carbocycles. The maximum absolute atomic E-state index is 12.6.